The van der Waals surface area contributed by atoms with Gasteiger partial charge in [0.1, 0.15) is 0 Å². The van der Waals surface area contributed by atoms with E-state index in [1.54, 1.807) is 24.3 Å². The number of nitrogen functional groups attached to an aromatic ring is 1. The van der Waals surface area contributed by atoms with Gasteiger partial charge in [-0.15, -0.1) is 0 Å². The maximum absolute atomic E-state index is 12.3. The number of anilines is 2. The van der Waals surface area contributed by atoms with Crippen LogP contribution in [0.1, 0.15) is 11.1 Å². The molecule has 0 aliphatic carbocycles. The molecule has 0 saturated heterocycles. The molecule has 0 heterocycles. The summed E-state index contributed by atoms with van der Waals surface area (Å²) in [6.07, 6.45) is 1.08. The summed E-state index contributed by atoms with van der Waals surface area (Å²) in [5.74, 6) is 5.32. The van der Waals surface area contributed by atoms with Crippen LogP contribution in [0.25, 0.3) is 0 Å². The standard InChI is InChI=1S/C14H16N4O2S/c1-10-2-6-13(7-3-10)21(19,20)18-14-8-12(17-16)5-4-11(14)9-15/h2-9,15,17-18H,16H2,1H3. The van der Waals surface area contributed by atoms with E-state index >= 15 is 0 Å². The second-order valence-electron chi connectivity index (χ2n) is 4.51. The average Bonchev–Trinajstić information content (AvgIpc) is 2.47. The molecule has 2 aromatic rings. The van der Waals surface area contributed by atoms with Gasteiger partial charge >= 0.3 is 0 Å². The SMILES string of the molecule is Cc1ccc(S(=O)(=O)Nc2cc(NN)ccc2C=N)cc1. The molecule has 7 heteroatoms. The first kappa shape index (κ1) is 15.0. The molecule has 2 aromatic carbocycles. The Labute approximate surface area is 123 Å². The van der Waals surface area contributed by atoms with Crippen molar-refractivity contribution in [1.29, 1.82) is 5.41 Å². The summed E-state index contributed by atoms with van der Waals surface area (Å²) in [6, 6.07) is 11.3. The molecule has 0 aliphatic heterocycles. The summed E-state index contributed by atoms with van der Waals surface area (Å²) in [5, 5.41) is 7.34. The molecule has 0 aromatic heterocycles. The zero-order valence-corrected chi connectivity index (χ0v) is 12.2. The highest BCUT2D eigenvalue weighted by Crippen LogP contribution is 2.22. The summed E-state index contributed by atoms with van der Waals surface area (Å²) in [4.78, 5) is 0.162. The zero-order chi connectivity index (χ0) is 15.5. The molecule has 0 spiro atoms. The fourth-order valence-electron chi connectivity index (χ4n) is 1.78. The Morgan fingerprint density at radius 1 is 1.14 bits per heavy atom. The van der Waals surface area contributed by atoms with Crippen LogP contribution in [0.15, 0.2) is 47.4 Å². The number of hydrogen-bond acceptors (Lipinski definition) is 5. The van der Waals surface area contributed by atoms with Crippen LogP contribution in [0, 0.1) is 12.3 Å². The number of nitrogens with one attached hydrogen (secondary N) is 3. The summed E-state index contributed by atoms with van der Waals surface area (Å²) >= 11 is 0. The van der Waals surface area contributed by atoms with Crippen LogP contribution in [-0.4, -0.2) is 14.6 Å². The molecule has 0 saturated carbocycles. The number of hydrogen-bond donors (Lipinski definition) is 4. The minimum atomic E-state index is -3.71. The molecule has 0 fully saturated rings. The largest absolute Gasteiger partial charge is 0.324 e. The first-order chi connectivity index (χ1) is 9.96. The first-order valence-electron chi connectivity index (χ1n) is 6.17. The lowest BCUT2D eigenvalue weighted by Gasteiger charge is -2.12. The van der Waals surface area contributed by atoms with Gasteiger partial charge < -0.3 is 10.8 Å². The second kappa shape index (κ2) is 5.94. The first-order valence-corrected chi connectivity index (χ1v) is 7.65. The van der Waals surface area contributed by atoms with Crippen LogP contribution >= 0.6 is 0 Å². The maximum Gasteiger partial charge on any atom is 0.261 e. The lowest BCUT2D eigenvalue weighted by Crippen LogP contribution is -2.15. The summed E-state index contributed by atoms with van der Waals surface area (Å²) < 4.78 is 27.2. The predicted octanol–water partition coefficient (Wildman–Crippen LogP) is 2.08. The van der Waals surface area contributed by atoms with Gasteiger partial charge in [0.25, 0.3) is 10.0 Å². The summed E-state index contributed by atoms with van der Waals surface area (Å²) in [6.45, 7) is 1.88. The highest BCUT2D eigenvalue weighted by Gasteiger charge is 2.15. The number of rotatable bonds is 5. The monoisotopic (exact) mass is 304 g/mol. The van der Waals surface area contributed by atoms with Gasteiger partial charge in [0, 0.05) is 11.8 Å². The van der Waals surface area contributed by atoms with E-state index in [4.69, 9.17) is 11.3 Å². The number of nitrogens with two attached hydrogens (primary N) is 1. The number of sulfonamides is 1. The van der Waals surface area contributed by atoms with Crippen molar-refractivity contribution in [2.45, 2.75) is 11.8 Å². The van der Waals surface area contributed by atoms with Crippen molar-refractivity contribution in [2.24, 2.45) is 5.84 Å². The highest BCUT2D eigenvalue weighted by molar-refractivity contribution is 7.92. The molecule has 0 radical (unpaired) electrons. The van der Waals surface area contributed by atoms with E-state index in [1.165, 1.54) is 18.2 Å². The van der Waals surface area contributed by atoms with Crippen LogP contribution < -0.4 is 16.0 Å². The Balaban J connectivity index is 2.40. The van der Waals surface area contributed by atoms with Gasteiger partial charge in [-0.05, 0) is 37.3 Å². The number of aryl methyl sites for hydroxylation is 1. The fraction of sp³-hybridized carbons (Fsp3) is 0.0714. The van der Waals surface area contributed by atoms with Gasteiger partial charge in [0.15, 0.2) is 0 Å². The normalized spacial score (nSPS) is 11.0. The third-order valence-electron chi connectivity index (χ3n) is 2.95. The summed E-state index contributed by atoms with van der Waals surface area (Å²) in [5.41, 5.74) is 4.70. The van der Waals surface area contributed by atoms with Gasteiger partial charge in [0.05, 0.1) is 16.3 Å². The van der Waals surface area contributed by atoms with Gasteiger partial charge in [-0.1, -0.05) is 17.7 Å². The summed E-state index contributed by atoms with van der Waals surface area (Å²) in [7, 11) is -3.71. The van der Waals surface area contributed by atoms with Crippen LogP contribution in [-0.2, 0) is 10.0 Å². The van der Waals surface area contributed by atoms with Crippen molar-refractivity contribution in [3.05, 3.63) is 53.6 Å². The van der Waals surface area contributed by atoms with E-state index in [1.807, 2.05) is 6.92 Å². The van der Waals surface area contributed by atoms with Gasteiger partial charge in [-0.2, -0.15) is 0 Å². The molecule has 0 amide bonds. The number of hydrazine groups is 1. The number of benzene rings is 2. The van der Waals surface area contributed by atoms with Crippen molar-refractivity contribution in [1.82, 2.24) is 0 Å². The molecule has 0 aliphatic rings. The smallest absolute Gasteiger partial charge is 0.261 e. The predicted molar refractivity (Wildman–Crippen MR) is 84.1 cm³/mol. The molecular formula is C14H16N4O2S. The average molecular weight is 304 g/mol. The van der Waals surface area contributed by atoms with Crippen LogP contribution in [0.3, 0.4) is 0 Å². The molecule has 6 nitrogen and oxygen atoms in total. The maximum atomic E-state index is 12.3. The molecule has 21 heavy (non-hydrogen) atoms. The van der Waals surface area contributed by atoms with E-state index in [0.29, 0.717) is 16.9 Å². The Morgan fingerprint density at radius 3 is 2.38 bits per heavy atom. The lowest BCUT2D eigenvalue weighted by molar-refractivity contribution is 0.601. The molecule has 2 rings (SSSR count). The minimum absolute atomic E-state index is 0.162. The Bertz CT molecular complexity index is 755. The topological polar surface area (TPSA) is 108 Å². The van der Waals surface area contributed by atoms with Crippen molar-refractivity contribution < 1.29 is 8.42 Å². The Morgan fingerprint density at radius 2 is 1.81 bits per heavy atom. The lowest BCUT2D eigenvalue weighted by atomic mass is 10.2. The van der Waals surface area contributed by atoms with Crippen LogP contribution in [0.5, 0.6) is 0 Å². The minimum Gasteiger partial charge on any atom is -0.324 e. The van der Waals surface area contributed by atoms with Gasteiger partial charge in [0.2, 0.25) is 0 Å². The van der Waals surface area contributed by atoms with E-state index < -0.39 is 10.0 Å². The molecular weight excluding hydrogens is 288 g/mol. The quantitative estimate of drug-likeness (QED) is 0.385. The van der Waals surface area contributed by atoms with Crippen molar-refractivity contribution in [3.8, 4) is 0 Å². The van der Waals surface area contributed by atoms with Crippen LogP contribution in [0.4, 0.5) is 11.4 Å². The van der Waals surface area contributed by atoms with Gasteiger partial charge in [-0.3, -0.25) is 10.6 Å². The zero-order valence-electron chi connectivity index (χ0n) is 11.4. The van der Waals surface area contributed by atoms with Crippen molar-refractivity contribution in [2.75, 3.05) is 10.1 Å². The molecule has 0 bridgehead atoms. The van der Waals surface area contributed by atoms with Crippen molar-refractivity contribution >= 4 is 27.6 Å². The Hall–Kier alpha value is -2.38. The molecule has 0 atom stereocenters. The molecule has 5 N–H and O–H groups in total. The second-order valence-corrected chi connectivity index (χ2v) is 6.19. The highest BCUT2D eigenvalue weighted by atomic mass is 32.2. The van der Waals surface area contributed by atoms with E-state index in [-0.39, 0.29) is 4.90 Å². The van der Waals surface area contributed by atoms with E-state index in [2.05, 4.69) is 10.1 Å². The van der Waals surface area contributed by atoms with E-state index in [9.17, 15) is 8.42 Å². The molecule has 0 unspecified atom stereocenters. The molecule has 110 valence electrons. The van der Waals surface area contributed by atoms with Gasteiger partial charge in [-0.25, -0.2) is 8.42 Å². The van der Waals surface area contributed by atoms with Crippen molar-refractivity contribution in [3.63, 3.8) is 0 Å². The van der Waals surface area contributed by atoms with Crippen LogP contribution in [0.2, 0.25) is 0 Å². The Kier molecular flexibility index (Phi) is 4.25. The van der Waals surface area contributed by atoms with E-state index in [0.717, 1.165) is 11.8 Å². The third kappa shape index (κ3) is 3.39. The third-order valence-corrected chi connectivity index (χ3v) is 4.33. The fourth-order valence-corrected chi connectivity index (χ4v) is 2.86.